The van der Waals surface area contributed by atoms with Gasteiger partial charge in [0.2, 0.25) is 10.4 Å². The summed E-state index contributed by atoms with van der Waals surface area (Å²) in [5.74, 6) is -2.08. The molecule has 72 heavy (non-hydrogen) atoms. The average molecular weight is 1190 g/mol. The van der Waals surface area contributed by atoms with Gasteiger partial charge in [-0.15, -0.1) is 35.0 Å². The van der Waals surface area contributed by atoms with Gasteiger partial charge in [-0.2, -0.15) is 0 Å². The first-order valence-corrected chi connectivity index (χ1v) is 26.6. The number of ether oxygens (including phenoxy) is 1. The van der Waals surface area contributed by atoms with Gasteiger partial charge in [0.05, 0.1) is 67.7 Å². The number of nitrogens with one attached hydrogen (secondary N) is 1. The predicted octanol–water partition coefficient (Wildman–Crippen LogP) is -12.9. The van der Waals surface area contributed by atoms with Crippen molar-refractivity contribution in [3.63, 3.8) is 0 Å². The molecule has 30 nitrogen and oxygen atoms in total. The second-order valence-corrected chi connectivity index (χ2v) is 22.1. The van der Waals surface area contributed by atoms with Gasteiger partial charge >= 0.3 is 148 Å². The summed E-state index contributed by atoms with van der Waals surface area (Å²) in [7, 11) is -28.4. The van der Waals surface area contributed by atoms with E-state index < -0.39 is 149 Å². The topological polar surface area (TPSA) is 478 Å². The van der Waals surface area contributed by atoms with Crippen LogP contribution in [0, 0.1) is 0 Å². The van der Waals surface area contributed by atoms with Crippen molar-refractivity contribution in [3.8, 4) is 5.75 Å². The van der Waals surface area contributed by atoms with Crippen molar-refractivity contribution < 1.29 is 244 Å². The Morgan fingerprint density at radius 2 is 0.986 bits per heavy atom. The molecule has 0 saturated carbocycles. The SMILES string of the molecule is CNc1c(N=Nc2ccc(OC)cc2S(=O)(=O)[O-])cc(N=Nc2ccc(S(=O)(=O)CCOSOO[O-])cc2S(=O)(=O)[O-])c(N)c1N=Nc1ccc(S(=O)(=O)CCOS(=O)(=O)[O-])cc1S(=O)(=O)[O-].[Na+].[Na+].[Na+].[Na+].[Na+]. The van der Waals surface area contributed by atoms with Gasteiger partial charge in [-0.1, -0.05) is 0 Å². The van der Waals surface area contributed by atoms with E-state index in [0.717, 1.165) is 36.4 Å². The maximum Gasteiger partial charge on any atom is 1.00 e. The summed E-state index contributed by atoms with van der Waals surface area (Å²) >= 11 is -0.0145. The summed E-state index contributed by atoms with van der Waals surface area (Å²) in [6, 6.07) is 7.78. The fourth-order valence-electron chi connectivity index (χ4n) is 5.02. The third-order valence-corrected chi connectivity index (χ3v) is 14.8. The molecule has 0 atom stereocenters. The first-order chi connectivity index (χ1) is 31.0. The molecule has 4 aromatic rings. The first kappa shape index (κ1) is 73.8. The Morgan fingerprint density at radius 3 is 1.42 bits per heavy atom. The third-order valence-electron chi connectivity index (χ3n) is 8.01. The Hall–Kier alpha value is -0.230. The van der Waals surface area contributed by atoms with Crippen LogP contribution in [0.2, 0.25) is 0 Å². The van der Waals surface area contributed by atoms with Crippen molar-refractivity contribution in [1.29, 1.82) is 0 Å². The van der Waals surface area contributed by atoms with E-state index in [0.29, 0.717) is 18.2 Å². The van der Waals surface area contributed by atoms with Crippen molar-refractivity contribution in [2.75, 3.05) is 49.9 Å². The van der Waals surface area contributed by atoms with Crippen molar-refractivity contribution in [3.05, 3.63) is 60.7 Å². The minimum absolute atomic E-state index is 0. The van der Waals surface area contributed by atoms with E-state index in [1.54, 1.807) is 0 Å². The molecule has 0 spiro atoms. The zero-order valence-electron chi connectivity index (χ0n) is 38.2. The molecule has 366 valence electrons. The van der Waals surface area contributed by atoms with Crippen molar-refractivity contribution in [2.24, 2.45) is 30.7 Å². The monoisotopic (exact) mass is 1190 g/mol. The number of methoxy groups -OCH3 is 1. The van der Waals surface area contributed by atoms with Crippen LogP contribution < -0.4 is 169 Å². The standard InChI is InChI=1S/C30H32N8O22S7.5Na/c1-32-29-24(37-34-20-6-3-17(56-2)13-25(20)64(44,45)46)16-23(36-33-21-7-4-18(14-26(21)65(47,48)49)62(40,41)11-9-57-61-60-59-39)28(31)30(29)38-35-22-8-5-19(15-27(22)66(50,51)52)63(42,43)12-10-58-67(53,54)55;;;;;/h3-8,13-16,32,39H,9-12,31H2,1-2H3,(H,44,45,46)(H,47,48,49)(H,50,51,52)(H,53,54,55);;;;;/q;5*+1/p-5. The van der Waals surface area contributed by atoms with E-state index in [-0.39, 0.29) is 172 Å². The van der Waals surface area contributed by atoms with Crippen LogP contribution in [0.4, 0.5) is 45.5 Å². The second kappa shape index (κ2) is 31.4. The number of hydrogen-bond acceptors (Lipinski definition) is 31. The maximum absolute atomic E-state index is 12.9. The summed E-state index contributed by atoms with van der Waals surface area (Å²) < 4.78 is 211. The van der Waals surface area contributed by atoms with E-state index in [1.807, 2.05) is 0 Å². The number of benzene rings is 4. The van der Waals surface area contributed by atoms with Gasteiger partial charge in [0.1, 0.15) is 70.2 Å². The van der Waals surface area contributed by atoms with Crippen LogP contribution in [0.3, 0.4) is 0 Å². The van der Waals surface area contributed by atoms with Crippen LogP contribution in [0.25, 0.3) is 0 Å². The van der Waals surface area contributed by atoms with Gasteiger partial charge in [-0.05, 0) is 60.7 Å². The number of hydrogen-bond donors (Lipinski definition) is 2. The minimum atomic E-state index is -5.63. The number of anilines is 2. The van der Waals surface area contributed by atoms with Gasteiger partial charge in [0.25, 0.3) is 0 Å². The fraction of sp³-hybridized carbons (Fsp3) is 0.200. The van der Waals surface area contributed by atoms with Crippen LogP contribution in [-0.2, 0) is 78.2 Å². The van der Waals surface area contributed by atoms with Gasteiger partial charge in [-0.3, -0.25) is 13.4 Å². The molecule has 0 amide bonds. The number of sulfone groups is 2. The van der Waals surface area contributed by atoms with Crippen LogP contribution in [0.15, 0.2) is 116 Å². The van der Waals surface area contributed by atoms with Crippen LogP contribution in [0.1, 0.15) is 0 Å². The zero-order valence-corrected chi connectivity index (χ0v) is 53.9. The van der Waals surface area contributed by atoms with Gasteiger partial charge in [-0.25, -0.2) is 50.5 Å². The predicted molar refractivity (Wildman–Crippen MR) is 218 cm³/mol. The third kappa shape index (κ3) is 21.5. The van der Waals surface area contributed by atoms with Gasteiger partial charge < -0.3 is 39.3 Å². The molecule has 4 aromatic carbocycles. The average Bonchev–Trinajstić information content (AvgIpc) is 3.23. The summed E-state index contributed by atoms with van der Waals surface area (Å²) in [4.78, 5) is -5.05. The molecule has 42 heteroatoms. The first-order valence-electron chi connectivity index (χ1n) is 17.1. The van der Waals surface area contributed by atoms with Crippen LogP contribution in [-0.4, -0.2) is 108 Å². The number of nitrogen functional groups attached to an aromatic ring is 1. The number of nitrogens with zero attached hydrogens (tertiary/aromatic N) is 6. The fourth-order valence-corrected chi connectivity index (χ4v) is 10.0. The molecule has 0 unspecified atom stereocenters. The Labute approximate surface area is 526 Å². The quantitative estimate of drug-likeness (QED) is 0.00801. The summed E-state index contributed by atoms with van der Waals surface area (Å²) in [6.07, 6.45) is 0. The van der Waals surface area contributed by atoms with E-state index in [4.69, 9.17) is 10.5 Å². The number of rotatable bonds is 23. The maximum atomic E-state index is 12.9. The number of azo groups is 3. The van der Waals surface area contributed by atoms with Crippen molar-refractivity contribution in [1.82, 2.24) is 0 Å². The number of nitrogens with two attached hydrogens (primary N) is 1. The van der Waals surface area contributed by atoms with Crippen molar-refractivity contribution in [2.45, 2.75) is 24.5 Å². The molecular weight excluding hydrogens is 1160 g/mol. The minimum Gasteiger partial charge on any atom is -0.744 e. The summed E-state index contributed by atoms with van der Waals surface area (Å²) in [6.45, 7) is -1.81. The molecule has 0 radical (unpaired) electrons. The second-order valence-electron chi connectivity index (χ2n) is 12.3. The molecule has 0 saturated heterocycles. The Morgan fingerprint density at radius 1 is 0.569 bits per heavy atom. The van der Waals surface area contributed by atoms with Gasteiger partial charge in [0.15, 0.2) is 32.0 Å². The van der Waals surface area contributed by atoms with E-state index in [2.05, 4.69) is 53.7 Å². The Balaban J connectivity index is 0. The summed E-state index contributed by atoms with van der Waals surface area (Å²) in [5.41, 5.74) is 1.65. The molecular formula is C30H27N8Na5O22S7. The molecule has 0 heterocycles. The molecule has 0 bridgehead atoms. The molecule has 0 aliphatic heterocycles. The van der Waals surface area contributed by atoms with Crippen LogP contribution >= 0.6 is 12.3 Å². The largest absolute Gasteiger partial charge is 1.00 e. The Bertz CT molecular complexity index is 3340. The van der Waals surface area contributed by atoms with Crippen LogP contribution in [0.5, 0.6) is 5.75 Å². The van der Waals surface area contributed by atoms with Crippen molar-refractivity contribution >= 4 is 118 Å². The molecule has 0 aliphatic rings. The molecule has 0 aliphatic carbocycles. The van der Waals surface area contributed by atoms with E-state index in [1.165, 1.54) is 20.2 Å². The summed E-state index contributed by atoms with van der Waals surface area (Å²) in [5, 5.41) is 38.4. The molecule has 3 N–H and O–H groups in total. The molecule has 0 aromatic heterocycles. The van der Waals surface area contributed by atoms with E-state index >= 15 is 0 Å². The molecule has 0 fully saturated rings. The molecule has 4 rings (SSSR count). The van der Waals surface area contributed by atoms with Gasteiger partial charge in [0, 0.05) is 7.05 Å². The Kier molecular flexibility index (Phi) is 32.2. The van der Waals surface area contributed by atoms with E-state index in [9.17, 15) is 74.0 Å². The smallest absolute Gasteiger partial charge is 0.744 e. The zero-order chi connectivity index (χ0) is 50.2. The normalized spacial score (nSPS) is 12.3.